The number of nitrogens with one attached hydrogen (secondary N) is 1. The lowest BCUT2D eigenvalue weighted by molar-refractivity contribution is 0.293. The van der Waals surface area contributed by atoms with Gasteiger partial charge in [-0.1, -0.05) is 19.9 Å². The molecular formula is C17H28N2O. The molecule has 112 valence electrons. The highest BCUT2D eigenvalue weighted by Crippen LogP contribution is 2.32. The molecule has 1 unspecified atom stereocenters. The van der Waals surface area contributed by atoms with Crippen LogP contribution in [-0.4, -0.2) is 38.2 Å². The molecule has 0 amide bonds. The standard InChI is InChI=1S/C17H28N2O/c1-4-19(5-2)12-11-18-17-8-6-7-14-9-10-15(20-3)13-16(14)17/h9-10,13,17-18H,4-8,11-12H2,1-3H3. The predicted octanol–water partition coefficient (Wildman–Crippen LogP) is 3.00. The molecule has 1 N–H and O–H groups in total. The summed E-state index contributed by atoms with van der Waals surface area (Å²) in [5.74, 6) is 0.973. The molecule has 0 bridgehead atoms. The van der Waals surface area contributed by atoms with Crippen LogP contribution in [-0.2, 0) is 6.42 Å². The van der Waals surface area contributed by atoms with Crippen LogP contribution < -0.4 is 10.1 Å². The Kier molecular flexibility index (Phi) is 5.86. The molecule has 0 saturated heterocycles. The molecule has 0 aliphatic heterocycles. The van der Waals surface area contributed by atoms with E-state index in [-0.39, 0.29) is 0 Å². The Hall–Kier alpha value is -1.06. The van der Waals surface area contributed by atoms with Crippen molar-refractivity contribution in [3.8, 4) is 5.75 Å². The second kappa shape index (κ2) is 7.65. The van der Waals surface area contributed by atoms with E-state index in [0.29, 0.717) is 6.04 Å². The first-order chi connectivity index (χ1) is 9.78. The van der Waals surface area contributed by atoms with E-state index in [9.17, 15) is 0 Å². The van der Waals surface area contributed by atoms with Crippen LogP contribution in [0.2, 0.25) is 0 Å². The van der Waals surface area contributed by atoms with Gasteiger partial charge in [-0.3, -0.25) is 0 Å². The van der Waals surface area contributed by atoms with Crippen LogP contribution in [0.5, 0.6) is 5.75 Å². The molecule has 0 heterocycles. The van der Waals surface area contributed by atoms with E-state index in [1.165, 1.54) is 30.4 Å². The predicted molar refractivity (Wildman–Crippen MR) is 84.5 cm³/mol. The molecular weight excluding hydrogens is 248 g/mol. The number of nitrogens with zero attached hydrogens (tertiary/aromatic N) is 1. The quantitative estimate of drug-likeness (QED) is 0.828. The molecule has 3 heteroatoms. The largest absolute Gasteiger partial charge is 0.497 e. The lowest BCUT2D eigenvalue weighted by atomic mass is 9.87. The Balaban J connectivity index is 1.97. The van der Waals surface area contributed by atoms with Crippen molar-refractivity contribution in [3.63, 3.8) is 0 Å². The molecule has 1 aliphatic rings. The van der Waals surface area contributed by atoms with Gasteiger partial charge < -0.3 is 15.0 Å². The van der Waals surface area contributed by atoms with Crippen LogP contribution in [0.4, 0.5) is 0 Å². The summed E-state index contributed by atoms with van der Waals surface area (Å²) < 4.78 is 5.37. The highest BCUT2D eigenvalue weighted by atomic mass is 16.5. The minimum absolute atomic E-state index is 0.490. The minimum atomic E-state index is 0.490. The molecule has 1 aliphatic carbocycles. The molecule has 0 radical (unpaired) electrons. The average Bonchev–Trinajstić information content (AvgIpc) is 2.51. The van der Waals surface area contributed by atoms with Gasteiger partial charge in [0.2, 0.25) is 0 Å². The van der Waals surface area contributed by atoms with Crippen molar-refractivity contribution < 1.29 is 4.74 Å². The first-order valence-corrected chi connectivity index (χ1v) is 7.91. The Morgan fingerprint density at radius 1 is 1.30 bits per heavy atom. The van der Waals surface area contributed by atoms with Crippen LogP contribution in [0.25, 0.3) is 0 Å². The summed E-state index contributed by atoms with van der Waals surface area (Å²) in [4.78, 5) is 2.46. The second-order valence-electron chi connectivity index (χ2n) is 5.49. The van der Waals surface area contributed by atoms with E-state index < -0.39 is 0 Å². The third kappa shape index (κ3) is 3.74. The van der Waals surface area contributed by atoms with Crippen molar-refractivity contribution in [3.05, 3.63) is 29.3 Å². The lowest BCUT2D eigenvalue weighted by Crippen LogP contribution is -2.34. The molecule has 3 nitrogen and oxygen atoms in total. The Morgan fingerprint density at radius 2 is 2.10 bits per heavy atom. The highest BCUT2D eigenvalue weighted by molar-refractivity contribution is 5.39. The summed E-state index contributed by atoms with van der Waals surface area (Å²) in [6.07, 6.45) is 3.72. The fraction of sp³-hybridized carbons (Fsp3) is 0.647. The molecule has 0 aromatic heterocycles. The number of likely N-dealkylation sites (N-methyl/N-ethyl adjacent to an activating group) is 1. The fourth-order valence-electron chi connectivity index (χ4n) is 3.05. The van der Waals surface area contributed by atoms with Gasteiger partial charge >= 0.3 is 0 Å². The second-order valence-corrected chi connectivity index (χ2v) is 5.49. The van der Waals surface area contributed by atoms with Gasteiger partial charge in [0.15, 0.2) is 0 Å². The van der Waals surface area contributed by atoms with E-state index >= 15 is 0 Å². The Morgan fingerprint density at radius 3 is 2.80 bits per heavy atom. The Bertz CT molecular complexity index is 415. The number of hydrogen-bond donors (Lipinski definition) is 1. The summed E-state index contributed by atoms with van der Waals surface area (Å²) in [6, 6.07) is 7.01. The number of methoxy groups -OCH3 is 1. The van der Waals surface area contributed by atoms with E-state index in [4.69, 9.17) is 4.74 Å². The zero-order valence-electron chi connectivity index (χ0n) is 13.1. The summed E-state index contributed by atoms with van der Waals surface area (Å²) >= 11 is 0. The lowest BCUT2D eigenvalue weighted by Gasteiger charge is -2.28. The zero-order valence-corrected chi connectivity index (χ0v) is 13.1. The van der Waals surface area contributed by atoms with E-state index in [2.05, 4.69) is 42.3 Å². The third-order valence-electron chi connectivity index (χ3n) is 4.38. The molecule has 1 aromatic carbocycles. The maximum atomic E-state index is 5.37. The molecule has 0 fully saturated rings. The number of rotatable bonds is 7. The van der Waals surface area contributed by atoms with Gasteiger partial charge in [-0.05, 0) is 55.6 Å². The number of aryl methyl sites for hydroxylation is 1. The Labute approximate surface area is 123 Å². The van der Waals surface area contributed by atoms with Crippen LogP contribution in [0.15, 0.2) is 18.2 Å². The van der Waals surface area contributed by atoms with Crippen molar-refractivity contribution >= 4 is 0 Å². The molecule has 2 rings (SSSR count). The van der Waals surface area contributed by atoms with Gasteiger partial charge in [0, 0.05) is 19.1 Å². The third-order valence-corrected chi connectivity index (χ3v) is 4.38. The number of fused-ring (bicyclic) bond motifs is 1. The van der Waals surface area contributed by atoms with Gasteiger partial charge in [0.25, 0.3) is 0 Å². The zero-order chi connectivity index (χ0) is 14.4. The van der Waals surface area contributed by atoms with Gasteiger partial charge in [0.05, 0.1) is 7.11 Å². The fourth-order valence-corrected chi connectivity index (χ4v) is 3.05. The summed E-state index contributed by atoms with van der Waals surface area (Å²) in [7, 11) is 1.74. The summed E-state index contributed by atoms with van der Waals surface area (Å²) in [6.45, 7) is 8.90. The minimum Gasteiger partial charge on any atom is -0.497 e. The average molecular weight is 276 g/mol. The topological polar surface area (TPSA) is 24.5 Å². The van der Waals surface area contributed by atoms with Crippen LogP contribution in [0, 0.1) is 0 Å². The van der Waals surface area contributed by atoms with Gasteiger partial charge in [0.1, 0.15) is 5.75 Å². The van der Waals surface area contributed by atoms with Crippen LogP contribution in [0.3, 0.4) is 0 Å². The molecule has 20 heavy (non-hydrogen) atoms. The maximum Gasteiger partial charge on any atom is 0.119 e. The van der Waals surface area contributed by atoms with Crippen LogP contribution in [0.1, 0.15) is 43.9 Å². The number of ether oxygens (including phenoxy) is 1. The van der Waals surface area contributed by atoms with Gasteiger partial charge in [-0.2, -0.15) is 0 Å². The van der Waals surface area contributed by atoms with E-state index in [1.54, 1.807) is 7.11 Å². The monoisotopic (exact) mass is 276 g/mol. The number of hydrogen-bond acceptors (Lipinski definition) is 3. The van der Waals surface area contributed by atoms with E-state index in [0.717, 1.165) is 31.9 Å². The molecule has 1 aromatic rings. The summed E-state index contributed by atoms with van der Waals surface area (Å²) in [5.41, 5.74) is 2.92. The normalized spacial score (nSPS) is 18.1. The first kappa shape index (κ1) is 15.3. The van der Waals surface area contributed by atoms with Crippen molar-refractivity contribution in [1.29, 1.82) is 0 Å². The molecule has 1 atom stereocenters. The first-order valence-electron chi connectivity index (χ1n) is 7.91. The van der Waals surface area contributed by atoms with E-state index in [1.807, 2.05) is 0 Å². The smallest absolute Gasteiger partial charge is 0.119 e. The van der Waals surface area contributed by atoms with Gasteiger partial charge in [-0.25, -0.2) is 0 Å². The SMILES string of the molecule is CCN(CC)CCNC1CCCc2ccc(OC)cc21. The molecule has 0 saturated carbocycles. The maximum absolute atomic E-state index is 5.37. The van der Waals surface area contributed by atoms with Crippen molar-refractivity contribution in [2.45, 2.75) is 39.2 Å². The van der Waals surface area contributed by atoms with Crippen molar-refractivity contribution in [1.82, 2.24) is 10.2 Å². The van der Waals surface area contributed by atoms with Crippen LogP contribution >= 0.6 is 0 Å². The molecule has 0 spiro atoms. The highest BCUT2D eigenvalue weighted by Gasteiger charge is 2.20. The number of benzene rings is 1. The van der Waals surface area contributed by atoms with Gasteiger partial charge in [-0.15, -0.1) is 0 Å². The summed E-state index contributed by atoms with van der Waals surface area (Å²) in [5, 5.41) is 3.73. The van der Waals surface area contributed by atoms with Crippen molar-refractivity contribution in [2.75, 3.05) is 33.3 Å². The van der Waals surface area contributed by atoms with Crippen molar-refractivity contribution in [2.24, 2.45) is 0 Å².